The largest absolute Gasteiger partial charge is 0.505 e. The number of rotatable bonds is 10. The van der Waals surface area contributed by atoms with Gasteiger partial charge in [0, 0.05) is 12.7 Å². The van der Waals surface area contributed by atoms with Crippen molar-refractivity contribution in [3.8, 4) is 11.5 Å². The number of hydrogen-bond donors (Lipinski definition) is 1. The van der Waals surface area contributed by atoms with Gasteiger partial charge in [0.15, 0.2) is 5.76 Å². The molecule has 4 aromatic rings. The number of hydrogen-bond acceptors (Lipinski definition) is 6. The number of pyridine rings is 1. The number of imidazole rings is 1. The molecular weight excluding hydrogens is 516 g/mol. The summed E-state index contributed by atoms with van der Waals surface area (Å²) in [5.41, 5.74) is 3.33. The number of aryl methyl sites for hydroxylation is 2. The number of benzene rings is 2. The first-order valence-corrected chi connectivity index (χ1v) is 14.1. The van der Waals surface area contributed by atoms with Gasteiger partial charge in [-0.25, -0.2) is 4.98 Å². The fourth-order valence-corrected chi connectivity index (χ4v) is 5.51. The van der Waals surface area contributed by atoms with Crippen LogP contribution in [-0.2, 0) is 9.59 Å². The van der Waals surface area contributed by atoms with Gasteiger partial charge in [0.05, 0.1) is 17.3 Å². The third-order valence-electron chi connectivity index (χ3n) is 7.77. The van der Waals surface area contributed by atoms with Gasteiger partial charge < -0.3 is 24.0 Å². The molecule has 1 saturated heterocycles. The van der Waals surface area contributed by atoms with Crippen molar-refractivity contribution in [2.75, 3.05) is 26.2 Å². The molecule has 1 aliphatic rings. The number of ether oxygens (including phenoxy) is 1. The first-order chi connectivity index (χ1) is 19.8. The summed E-state index contributed by atoms with van der Waals surface area (Å²) in [5, 5.41) is 11.7. The number of carbonyl (C=O) groups is 2. The Balaban J connectivity index is 1.60. The molecule has 0 saturated carbocycles. The number of likely N-dealkylation sites (tertiary alicyclic amines) is 1. The normalized spacial score (nSPS) is 16.7. The van der Waals surface area contributed by atoms with Crippen molar-refractivity contribution in [3.05, 3.63) is 101 Å². The van der Waals surface area contributed by atoms with E-state index in [2.05, 4.69) is 18.7 Å². The number of nitrogens with zero attached hydrogens (tertiary/aromatic N) is 4. The lowest BCUT2D eigenvalue weighted by Gasteiger charge is -2.27. The molecule has 1 atom stereocenters. The highest BCUT2D eigenvalue weighted by Gasteiger charge is 2.46. The van der Waals surface area contributed by atoms with E-state index in [1.54, 1.807) is 4.90 Å². The molecule has 0 bridgehead atoms. The highest BCUT2D eigenvalue weighted by Crippen LogP contribution is 2.41. The number of amides is 1. The number of para-hydroxylation sites is 1. The minimum absolute atomic E-state index is 0.0406. The van der Waals surface area contributed by atoms with E-state index in [9.17, 15) is 14.7 Å². The third kappa shape index (κ3) is 5.47. The van der Waals surface area contributed by atoms with Gasteiger partial charge in [0.1, 0.15) is 22.8 Å². The zero-order valence-electron chi connectivity index (χ0n) is 24.0. The molecule has 2 aromatic carbocycles. The van der Waals surface area contributed by atoms with Crippen LogP contribution in [-0.4, -0.2) is 62.2 Å². The standard InChI is InChI=1S/C33H36N4O4/c1-5-35(6-2)18-12-20-37-29(24-14-10-17-26(21-24)41-25-15-8-7-9-16-25)27(31(39)33(37)40)30(38)28-23(4)36-19-11-13-22(3)32(36)34-28/h7-11,13-17,19,21,29,38H,5-6,12,18,20H2,1-4H3/b30-27+. The molecule has 41 heavy (non-hydrogen) atoms. The van der Waals surface area contributed by atoms with Crippen LogP contribution in [0.3, 0.4) is 0 Å². The van der Waals surface area contributed by atoms with Gasteiger partial charge in [0.25, 0.3) is 11.7 Å². The van der Waals surface area contributed by atoms with Gasteiger partial charge in [-0.15, -0.1) is 0 Å². The molecule has 1 fully saturated rings. The third-order valence-corrected chi connectivity index (χ3v) is 7.77. The molecule has 5 rings (SSSR count). The topological polar surface area (TPSA) is 87.4 Å². The Morgan fingerprint density at radius 2 is 1.71 bits per heavy atom. The molecular formula is C33H36N4O4. The van der Waals surface area contributed by atoms with Crippen LogP contribution in [0.1, 0.15) is 48.8 Å². The molecule has 0 aliphatic carbocycles. The number of aromatic nitrogens is 2. The van der Waals surface area contributed by atoms with Gasteiger partial charge in [-0.1, -0.05) is 50.2 Å². The second-order valence-electron chi connectivity index (χ2n) is 10.3. The zero-order chi connectivity index (χ0) is 29.1. The van der Waals surface area contributed by atoms with Crippen molar-refractivity contribution < 1.29 is 19.4 Å². The number of ketones is 1. The number of fused-ring (bicyclic) bond motifs is 1. The molecule has 8 heteroatoms. The van der Waals surface area contributed by atoms with Gasteiger partial charge in [0.2, 0.25) is 0 Å². The van der Waals surface area contributed by atoms with Crippen molar-refractivity contribution in [2.24, 2.45) is 0 Å². The Kier molecular flexibility index (Phi) is 8.21. The molecule has 212 valence electrons. The highest BCUT2D eigenvalue weighted by molar-refractivity contribution is 6.46. The van der Waals surface area contributed by atoms with Crippen molar-refractivity contribution in [2.45, 2.75) is 40.2 Å². The van der Waals surface area contributed by atoms with E-state index in [0.29, 0.717) is 47.1 Å². The molecule has 0 spiro atoms. The Labute approximate surface area is 240 Å². The first kappa shape index (κ1) is 28.1. The second-order valence-corrected chi connectivity index (χ2v) is 10.3. The van der Waals surface area contributed by atoms with Crippen LogP contribution in [0.4, 0.5) is 0 Å². The SMILES string of the molecule is CCN(CC)CCCN1C(=O)C(=O)/C(=C(/O)c2nc3c(C)cccn3c2C)C1c1cccc(Oc2ccccc2)c1. The van der Waals surface area contributed by atoms with Gasteiger partial charge in [-0.2, -0.15) is 0 Å². The van der Waals surface area contributed by atoms with Crippen LogP contribution in [0.15, 0.2) is 78.5 Å². The minimum Gasteiger partial charge on any atom is -0.505 e. The summed E-state index contributed by atoms with van der Waals surface area (Å²) in [6.45, 7) is 11.0. The van der Waals surface area contributed by atoms with Crippen LogP contribution in [0.2, 0.25) is 0 Å². The van der Waals surface area contributed by atoms with Crippen molar-refractivity contribution in [3.63, 3.8) is 0 Å². The molecule has 1 N–H and O–H groups in total. The monoisotopic (exact) mass is 552 g/mol. The van der Waals surface area contributed by atoms with E-state index in [4.69, 9.17) is 9.72 Å². The van der Waals surface area contributed by atoms with E-state index in [1.807, 2.05) is 91.2 Å². The number of aliphatic hydroxyl groups is 1. The van der Waals surface area contributed by atoms with Crippen molar-refractivity contribution in [1.29, 1.82) is 0 Å². The van der Waals surface area contributed by atoms with E-state index in [0.717, 1.165) is 25.2 Å². The fourth-order valence-electron chi connectivity index (χ4n) is 5.51. The van der Waals surface area contributed by atoms with Crippen molar-refractivity contribution in [1.82, 2.24) is 19.2 Å². The van der Waals surface area contributed by atoms with E-state index < -0.39 is 17.7 Å². The maximum absolute atomic E-state index is 13.6. The quantitative estimate of drug-likeness (QED) is 0.150. The van der Waals surface area contributed by atoms with E-state index in [1.165, 1.54) is 0 Å². The van der Waals surface area contributed by atoms with Crippen LogP contribution in [0, 0.1) is 13.8 Å². The number of carbonyl (C=O) groups excluding carboxylic acids is 2. The lowest BCUT2D eigenvalue weighted by molar-refractivity contribution is -0.140. The van der Waals surface area contributed by atoms with E-state index >= 15 is 0 Å². The number of Topliss-reactive ketones (excluding diaryl/α,β-unsaturated/α-hetero) is 1. The lowest BCUT2D eigenvalue weighted by Crippen LogP contribution is -2.33. The molecule has 8 nitrogen and oxygen atoms in total. The summed E-state index contributed by atoms with van der Waals surface area (Å²) in [7, 11) is 0. The van der Waals surface area contributed by atoms with Gasteiger partial charge >= 0.3 is 0 Å². The maximum atomic E-state index is 13.6. The van der Waals surface area contributed by atoms with Crippen LogP contribution >= 0.6 is 0 Å². The molecule has 1 aliphatic heterocycles. The maximum Gasteiger partial charge on any atom is 0.295 e. The predicted molar refractivity (Wildman–Crippen MR) is 159 cm³/mol. The van der Waals surface area contributed by atoms with Crippen LogP contribution < -0.4 is 4.74 Å². The smallest absolute Gasteiger partial charge is 0.295 e. The number of aliphatic hydroxyl groups excluding tert-OH is 1. The Morgan fingerprint density at radius 3 is 2.41 bits per heavy atom. The predicted octanol–water partition coefficient (Wildman–Crippen LogP) is 5.90. The van der Waals surface area contributed by atoms with E-state index in [-0.39, 0.29) is 11.3 Å². The lowest BCUT2D eigenvalue weighted by atomic mass is 9.96. The average molecular weight is 553 g/mol. The molecule has 2 aromatic heterocycles. The Bertz CT molecular complexity index is 1600. The average Bonchev–Trinajstić information content (AvgIpc) is 3.45. The fraction of sp³-hybridized carbons (Fsp3) is 0.303. The Hall–Kier alpha value is -4.43. The van der Waals surface area contributed by atoms with Crippen molar-refractivity contribution >= 4 is 23.1 Å². The van der Waals surface area contributed by atoms with Gasteiger partial charge in [-0.05, 0) is 81.4 Å². The summed E-state index contributed by atoms with van der Waals surface area (Å²) >= 11 is 0. The molecule has 1 amide bonds. The zero-order valence-corrected chi connectivity index (χ0v) is 24.0. The highest BCUT2D eigenvalue weighted by atomic mass is 16.5. The summed E-state index contributed by atoms with van der Waals surface area (Å²) in [6.07, 6.45) is 2.56. The molecule has 1 unspecified atom stereocenters. The summed E-state index contributed by atoms with van der Waals surface area (Å²) in [6, 6.07) is 19.9. The summed E-state index contributed by atoms with van der Waals surface area (Å²) < 4.78 is 7.96. The second kappa shape index (κ2) is 12.0. The molecule has 3 heterocycles. The minimum atomic E-state index is -0.781. The van der Waals surface area contributed by atoms with Gasteiger partial charge in [-0.3, -0.25) is 9.59 Å². The first-order valence-electron chi connectivity index (χ1n) is 14.1. The summed E-state index contributed by atoms with van der Waals surface area (Å²) in [5.74, 6) is -0.355. The molecule has 0 radical (unpaired) electrons. The Morgan fingerprint density at radius 1 is 0.976 bits per heavy atom. The summed E-state index contributed by atoms with van der Waals surface area (Å²) in [4.78, 5) is 35.7. The van der Waals surface area contributed by atoms with Crippen LogP contribution in [0.25, 0.3) is 11.4 Å². The van der Waals surface area contributed by atoms with Crippen LogP contribution in [0.5, 0.6) is 11.5 Å².